The molecule has 0 aliphatic heterocycles. The number of Topliss-reactive ketones (excluding diaryl/α,β-unsaturated/α-hetero) is 1. The lowest BCUT2D eigenvalue weighted by molar-refractivity contribution is -0.387. The molecule has 2 aromatic rings. The van der Waals surface area contributed by atoms with Crippen molar-refractivity contribution in [1.82, 2.24) is 0 Å². The van der Waals surface area contributed by atoms with Crippen LogP contribution in [0.15, 0.2) is 36.4 Å². The first-order valence-corrected chi connectivity index (χ1v) is 6.18. The van der Waals surface area contributed by atoms with E-state index in [1.165, 1.54) is 0 Å². The lowest BCUT2D eigenvalue weighted by Crippen LogP contribution is -2.09. The zero-order valence-electron chi connectivity index (χ0n) is 10.5. The minimum atomic E-state index is -1.35. The Bertz CT molecular complexity index is 734. The van der Waals surface area contributed by atoms with E-state index >= 15 is 0 Å². The number of nitro groups is 1. The fraction of sp³-hybridized carbons (Fsp3) is 0.0714. The Morgan fingerprint density at radius 3 is 2.52 bits per heavy atom. The van der Waals surface area contributed by atoms with Crippen molar-refractivity contribution in [2.75, 3.05) is 0 Å². The molecule has 0 bridgehead atoms. The van der Waals surface area contributed by atoms with Crippen molar-refractivity contribution in [3.63, 3.8) is 0 Å². The summed E-state index contributed by atoms with van der Waals surface area (Å²) in [4.78, 5) is 21.6. The number of nitrogens with zero attached hydrogens (tertiary/aromatic N) is 1. The van der Waals surface area contributed by atoms with Crippen molar-refractivity contribution >= 4 is 23.1 Å². The average molecular weight is 312 g/mol. The molecule has 0 aromatic heterocycles. The first-order valence-electron chi connectivity index (χ1n) is 5.80. The molecule has 0 amide bonds. The van der Waals surface area contributed by atoms with Crippen molar-refractivity contribution in [2.45, 2.75) is 6.42 Å². The molecule has 0 aliphatic carbocycles. The minimum absolute atomic E-state index is 0.281. The van der Waals surface area contributed by atoms with E-state index in [4.69, 9.17) is 11.6 Å². The molecule has 2 aromatic carbocycles. The van der Waals surface area contributed by atoms with Crippen molar-refractivity contribution in [3.05, 3.63) is 74.3 Å². The summed E-state index contributed by atoms with van der Waals surface area (Å²) in [5.74, 6) is -3.19. The zero-order chi connectivity index (χ0) is 15.6. The number of carbonyl (C=O) groups excluding carboxylic acids is 1. The molecule has 4 nitrogen and oxygen atoms in total. The summed E-state index contributed by atoms with van der Waals surface area (Å²) in [7, 11) is 0. The van der Waals surface area contributed by atoms with Crippen molar-refractivity contribution < 1.29 is 18.5 Å². The molecule has 0 unspecified atom stereocenters. The van der Waals surface area contributed by atoms with E-state index in [-0.39, 0.29) is 6.42 Å². The van der Waals surface area contributed by atoms with E-state index in [1.807, 2.05) is 0 Å². The van der Waals surface area contributed by atoms with Gasteiger partial charge in [0.25, 0.3) is 0 Å². The highest BCUT2D eigenvalue weighted by Crippen LogP contribution is 2.24. The van der Waals surface area contributed by atoms with Crippen LogP contribution in [0.4, 0.5) is 14.5 Å². The fourth-order valence-corrected chi connectivity index (χ4v) is 2.02. The number of hydrogen-bond acceptors (Lipinski definition) is 3. The molecule has 0 aliphatic rings. The number of rotatable bonds is 4. The quantitative estimate of drug-likeness (QED) is 0.488. The van der Waals surface area contributed by atoms with Crippen LogP contribution in [0.1, 0.15) is 15.9 Å². The van der Waals surface area contributed by atoms with E-state index < -0.39 is 33.6 Å². The molecule has 0 fully saturated rings. The third-order valence-electron chi connectivity index (χ3n) is 2.82. The van der Waals surface area contributed by atoms with Crippen molar-refractivity contribution in [2.24, 2.45) is 0 Å². The van der Waals surface area contributed by atoms with Gasteiger partial charge in [0.05, 0.1) is 16.6 Å². The first-order chi connectivity index (χ1) is 9.90. The molecule has 7 heteroatoms. The van der Waals surface area contributed by atoms with Crippen molar-refractivity contribution in [3.8, 4) is 0 Å². The van der Waals surface area contributed by atoms with Crippen LogP contribution in [-0.2, 0) is 6.42 Å². The van der Waals surface area contributed by atoms with Gasteiger partial charge in [-0.05, 0) is 17.7 Å². The summed E-state index contributed by atoms with van der Waals surface area (Å²) in [5.41, 5.74) is -1.31. The molecule has 0 spiro atoms. The molecule has 0 radical (unpaired) electrons. The summed E-state index contributed by atoms with van der Waals surface area (Å²) in [6.07, 6.45) is -0.281. The topological polar surface area (TPSA) is 60.2 Å². The standard InChI is InChI=1S/C14H8ClF2NO3/c15-11-4-2-1-3-8(11)5-13(19)10-6-9(16)7-12(14(10)17)18(20)21/h1-4,6-7H,5H2. The van der Waals surface area contributed by atoms with E-state index in [9.17, 15) is 23.7 Å². The van der Waals surface area contributed by atoms with Gasteiger partial charge in [-0.15, -0.1) is 0 Å². The molecule has 0 saturated heterocycles. The second kappa shape index (κ2) is 5.97. The number of halogens is 3. The van der Waals surface area contributed by atoms with Crippen LogP contribution in [-0.4, -0.2) is 10.7 Å². The number of carbonyl (C=O) groups is 1. The number of nitro benzene ring substituents is 1. The maximum atomic E-state index is 13.9. The van der Waals surface area contributed by atoms with E-state index in [0.717, 1.165) is 0 Å². The highest BCUT2D eigenvalue weighted by molar-refractivity contribution is 6.31. The van der Waals surface area contributed by atoms with Gasteiger partial charge in [0, 0.05) is 11.4 Å². The van der Waals surface area contributed by atoms with Gasteiger partial charge in [-0.2, -0.15) is 4.39 Å². The number of hydrogen-bond donors (Lipinski definition) is 0. The number of ketones is 1. The van der Waals surface area contributed by atoms with E-state index in [0.29, 0.717) is 22.7 Å². The second-order valence-corrected chi connectivity index (χ2v) is 4.64. The summed E-state index contributed by atoms with van der Waals surface area (Å²) in [5, 5.41) is 10.9. The molecular formula is C14H8ClF2NO3. The Labute approximate surface area is 123 Å². The van der Waals surface area contributed by atoms with Crippen molar-refractivity contribution in [1.29, 1.82) is 0 Å². The Kier molecular flexibility index (Phi) is 4.28. The maximum Gasteiger partial charge on any atom is 0.308 e. The van der Waals surface area contributed by atoms with Gasteiger partial charge in [0.15, 0.2) is 5.78 Å². The predicted molar refractivity (Wildman–Crippen MR) is 72.5 cm³/mol. The summed E-state index contributed by atoms with van der Waals surface area (Å²) < 4.78 is 27.2. The molecular weight excluding hydrogens is 304 g/mol. The second-order valence-electron chi connectivity index (χ2n) is 4.23. The average Bonchev–Trinajstić information content (AvgIpc) is 2.43. The minimum Gasteiger partial charge on any atom is -0.294 e. The van der Waals surface area contributed by atoms with Crippen LogP contribution in [0.25, 0.3) is 0 Å². The van der Waals surface area contributed by atoms with Crippen LogP contribution < -0.4 is 0 Å². The molecule has 21 heavy (non-hydrogen) atoms. The van der Waals surface area contributed by atoms with Gasteiger partial charge in [0.1, 0.15) is 5.82 Å². The Hall–Kier alpha value is -2.34. The van der Waals surface area contributed by atoms with Crippen LogP contribution >= 0.6 is 11.6 Å². The normalized spacial score (nSPS) is 10.4. The molecule has 0 saturated carbocycles. The van der Waals surface area contributed by atoms with Crippen LogP contribution in [0.5, 0.6) is 0 Å². The van der Waals surface area contributed by atoms with Gasteiger partial charge in [-0.3, -0.25) is 14.9 Å². The lowest BCUT2D eigenvalue weighted by Gasteiger charge is -2.05. The Balaban J connectivity index is 2.40. The molecule has 0 heterocycles. The molecule has 2 rings (SSSR count). The molecule has 0 N–H and O–H groups in total. The number of benzene rings is 2. The summed E-state index contributed by atoms with van der Waals surface area (Å²) >= 11 is 5.88. The summed E-state index contributed by atoms with van der Waals surface area (Å²) in [6, 6.07) is 7.48. The first kappa shape index (κ1) is 15.1. The van der Waals surface area contributed by atoms with Gasteiger partial charge >= 0.3 is 5.69 Å². The van der Waals surface area contributed by atoms with Crippen LogP contribution in [0.3, 0.4) is 0 Å². The van der Waals surface area contributed by atoms with Crippen LogP contribution in [0.2, 0.25) is 5.02 Å². The highest BCUT2D eigenvalue weighted by Gasteiger charge is 2.24. The highest BCUT2D eigenvalue weighted by atomic mass is 35.5. The summed E-state index contributed by atoms with van der Waals surface area (Å²) in [6.45, 7) is 0. The molecule has 0 atom stereocenters. The zero-order valence-corrected chi connectivity index (χ0v) is 11.2. The van der Waals surface area contributed by atoms with Crippen LogP contribution in [0, 0.1) is 21.7 Å². The Morgan fingerprint density at radius 1 is 1.24 bits per heavy atom. The van der Waals surface area contributed by atoms with Gasteiger partial charge < -0.3 is 0 Å². The predicted octanol–water partition coefficient (Wildman–Crippen LogP) is 3.95. The van der Waals surface area contributed by atoms with Gasteiger partial charge in [-0.1, -0.05) is 29.8 Å². The Morgan fingerprint density at radius 2 is 1.90 bits per heavy atom. The third-order valence-corrected chi connectivity index (χ3v) is 3.19. The smallest absolute Gasteiger partial charge is 0.294 e. The SMILES string of the molecule is O=C(Cc1ccccc1Cl)c1cc(F)cc([N+](=O)[O-])c1F. The van der Waals surface area contributed by atoms with E-state index in [1.54, 1.807) is 24.3 Å². The molecule has 108 valence electrons. The largest absolute Gasteiger partial charge is 0.308 e. The third kappa shape index (κ3) is 3.22. The maximum absolute atomic E-state index is 13.9. The monoisotopic (exact) mass is 311 g/mol. The fourth-order valence-electron chi connectivity index (χ4n) is 1.82. The van der Waals surface area contributed by atoms with Gasteiger partial charge in [0.2, 0.25) is 5.82 Å². The van der Waals surface area contributed by atoms with E-state index in [2.05, 4.69) is 0 Å². The van der Waals surface area contributed by atoms with Gasteiger partial charge in [-0.25, -0.2) is 4.39 Å². The lowest BCUT2D eigenvalue weighted by atomic mass is 10.0.